The molecule has 3 fully saturated rings. The van der Waals surface area contributed by atoms with E-state index in [1.54, 1.807) is 0 Å². The van der Waals surface area contributed by atoms with Crippen molar-refractivity contribution in [1.29, 1.82) is 0 Å². The van der Waals surface area contributed by atoms with Gasteiger partial charge in [-0.25, -0.2) is 0 Å². The third kappa shape index (κ3) is 2.14. The van der Waals surface area contributed by atoms with Crippen LogP contribution >= 0.6 is 0 Å². The Kier molecular flexibility index (Phi) is 3.27. The van der Waals surface area contributed by atoms with Crippen LogP contribution < -0.4 is 5.32 Å². The number of allylic oxidation sites excluding steroid dienone is 1. The number of hydrogen-bond donors (Lipinski definition) is 1. The van der Waals surface area contributed by atoms with E-state index in [2.05, 4.69) is 36.2 Å². The summed E-state index contributed by atoms with van der Waals surface area (Å²) in [6.07, 6.45) is 13.1. The Morgan fingerprint density at radius 2 is 2.00 bits per heavy atom. The second-order valence-electron chi connectivity index (χ2n) is 6.93. The van der Waals surface area contributed by atoms with Crippen molar-refractivity contribution in [3.63, 3.8) is 0 Å². The second kappa shape index (κ2) is 4.64. The third-order valence-corrected chi connectivity index (χ3v) is 5.59. The van der Waals surface area contributed by atoms with Crippen molar-refractivity contribution < 1.29 is 0 Å². The number of rotatable bonds is 3. The molecule has 1 N–H and O–H groups in total. The Balaban J connectivity index is 1.76. The standard InChI is InChI=1S/C16H28N2/c1-3-4-11-18-13-15(2,14-7-8-14)17-12-16(18)9-5-6-10-16/h3-4,14,17H,5-13H2,1-2H3/b4-3+. The van der Waals surface area contributed by atoms with Gasteiger partial charge in [0.1, 0.15) is 0 Å². The topological polar surface area (TPSA) is 15.3 Å². The minimum atomic E-state index is 0.384. The fourth-order valence-electron chi connectivity index (χ4n) is 4.11. The van der Waals surface area contributed by atoms with Gasteiger partial charge in [0.15, 0.2) is 0 Å². The van der Waals surface area contributed by atoms with E-state index in [0.29, 0.717) is 11.1 Å². The SMILES string of the molecule is C/C=C/CN1CC(C)(C2CC2)NCC12CCCC2. The van der Waals surface area contributed by atoms with E-state index < -0.39 is 0 Å². The highest BCUT2D eigenvalue weighted by Gasteiger charge is 2.51. The minimum absolute atomic E-state index is 0.384. The van der Waals surface area contributed by atoms with Gasteiger partial charge in [-0.1, -0.05) is 25.0 Å². The summed E-state index contributed by atoms with van der Waals surface area (Å²) in [5.41, 5.74) is 0.864. The maximum absolute atomic E-state index is 3.93. The molecule has 1 aliphatic heterocycles. The molecule has 18 heavy (non-hydrogen) atoms. The predicted molar refractivity (Wildman–Crippen MR) is 76.7 cm³/mol. The largest absolute Gasteiger partial charge is 0.308 e. The van der Waals surface area contributed by atoms with Gasteiger partial charge < -0.3 is 5.32 Å². The van der Waals surface area contributed by atoms with Gasteiger partial charge in [0.05, 0.1) is 0 Å². The fourth-order valence-corrected chi connectivity index (χ4v) is 4.11. The molecule has 0 amide bonds. The molecule has 102 valence electrons. The normalized spacial score (nSPS) is 36.8. The average Bonchev–Trinajstić information content (AvgIpc) is 3.13. The molecule has 1 saturated heterocycles. The average molecular weight is 248 g/mol. The molecule has 2 nitrogen and oxygen atoms in total. The molecular weight excluding hydrogens is 220 g/mol. The van der Waals surface area contributed by atoms with Crippen molar-refractivity contribution >= 4 is 0 Å². The Labute approximate surface area is 112 Å². The van der Waals surface area contributed by atoms with E-state index in [4.69, 9.17) is 0 Å². The Morgan fingerprint density at radius 3 is 2.61 bits per heavy atom. The lowest BCUT2D eigenvalue weighted by atomic mass is 9.83. The first-order valence-corrected chi connectivity index (χ1v) is 7.80. The zero-order valence-electron chi connectivity index (χ0n) is 12.0. The Hall–Kier alpha value is -0.340. The van der Waals surface area contributed by atoms with Crippen LogP contribution in [-0.2, 0) is 0 Å². The quantitative estimate of drug-likeness (QED) is 0.773. The van der Waals surface area contributed by atoms with Gasteiger partial charge >= 0.3 is 0 Å². The second-order valence-corrected chi connectivity index (χ2v) is 6.93. The van der Waals surface area contributed by atoms with E-state index in [1.807, 2.05) is 0 Å². The molecule has 2 heteroatoms. The molecule has 2 saturated carbocycles. The summed E-state index contributed by atoms with van der Waals surface area (Å²) in [5.74, 6) is 0.935. The Morgan fingerprint density at radius 1 is 1.28 bits per heavy atom. The first-order chi connectivity index (χ1) is 8.69. The van der Waals surface area contributed by atoms with Crippen molar-refractivity contribution in [3.8, 4) is 0 Å². The molecule has 2 aliphatic carbocycles. The molecule has 1 atom stereocenters. The summed E-state index contributed by atoms with van der Waals surface area (Å²) in [4.78, 5) is 2.80. The van der Waals surface area contributed by atoms with Gasteiger partial charge in [0.25, 0.3) is 0 Å². The zero-order chi connectivity index (χ0) is 12.6. The molecule has 1 spiro atoms. The first kappa shape index (κ1) is 12.7. The monoisotopic (exact) mass is 248 g/mol. The van der Waals surface area contributed by atoms with Crippen molar-refractivity contribution in [2.24, 2.45) is 5.92 Å². The highest BCUT2D eigenvalue weighted by Crippen LogP contribution is 2.45. The van der Waals surface area contributed by atoms with Crippen LogP contribution in [0.25, 0.3) is 0 Å². The molecule has 0 aromatic rings. The van der Waals surface area contributed by atoms with E-state index in [0.717, 1.165) is 12.5 Å². The van der Waals surface area contributed by atoms with Crippen molar-refractivity contribution in [2.45, 2.75) is 63.5 Å². The summed E-state index contributed by atoms with van der Waals surface area (Å²) in [6, 6.07) is 0. The third-order valence-electron chi connectivity index (χ3n) is 5.59. The summed E-state index contributed by atoms with van der Waals surface area (Å²) in [6.45, 7) is 8.22. The van der Waals surface area contributed by atoms with Gasteiger partial charge in [-0.05, 0) is 45.4 Å². The van der Waals surface area contributed by atoms with Gasteiger partial charge in [-0.15, -0.1) is 0 Å². The number of piperazine rings is 1. The zero-order valence-corrected chi connectivity index (χ0v) is 12.0. The summed E-state index contributed by atoms with van der Waals surface area (Å²) >= 11 is 0. The molecule has 0 aromatic heterocycles. The van der Waals surface area contributed by atoms with E-state index in [9.17, 15) is 0 Å². The summed E-state index contributed by atoms with van der Waals surface area (Å²) in [7, 11) is 0. The number of nitrogens with zero attached hydrogens (tertiary/aromatic N) is 1. The van der Waals surface area contributed by atoms with E-state index in [-0.39, 0.29) is 0 Å². The smallest absolute Gasteiger partial charge is 0.0338 e. The van der Waals surface area contributed by atoms with Gasteiger partial charge in [-0.3, -0.25) is 4.90 Å². The van der Waals surface area contributed by atoms with Crippen LogP contribution in [0.3, 0.4) is 0 Å². The fraction of sp³-hybridized carbons (Fsp3) is 0.875. The van der Waals surface area contributed by atoms with Crippen LogP contribution in [0.4, 0.5) is 0 Å². The van der Waals surface area contributed by atoms with E-state index in [1.165, 1.54) is 51.6 Å². The van der Waals surface area contributed by atoms with Crippen molar-refractivity contribution in [2.75, 3.05) is 19.6 Å². The number of hydrogen-bond acceptors (Lipinski definition) is 2. The minimum Gasteiger partial charge on any atom is -0.308 e. The molecule has 1 heterocycles. The lowest BCUT2D eigenvalue weighted by molar-refractivity contribution is 0.0149. The summed E-state index contributed by atoms with van der Waals surface area (Å²) < 4.78 is 0. The van der Waals surface area contributed by atoms with Crippen LogP contribution in [0.5, 0.6) is 0 Å². The molecule has 3 rings (SSSR count). The molecule has 0 aromatic carbocycles. The van der Waals surface area contributed by atoms with Gasteiger partial charge in [0, 0.05) is 30.7 Å². The van der Waals surface area contributed by atoms with Crippen LogP contribution in [0.15, 0.2) is 12.2 Å². The molecule has 0 radical (unpaired) electrons. The Bertz CT molecular complexity index is 326. The maximum Gasteiger partial charge on any atom is 0.0338 e. The first-order valence-electron chi connectivity index (χ1n) is 7.80. The lowest BCUT2D eigenvalue weighted by Gasteiger charge is -2.52. The number of nitrogens with one attached hydrogen (secondary N) is 1. The van der Waals surface area contributed by atoms with E-state index >= 15 is 0 Å². The molecular formula is C16H28N2. The lowest BCUT2D eigenvalue weighted by Crippen LogP contribution is -2.69. The summed E-state index contributed by atoms with van der Waals surface area (Å²) in [5, 5.41) is 3.93. The van der Waals surface area contributed by atoms with Crippen LogP contribution in [0, 0.1) is 5.92 Å². The maximum atomic E-state index is 3.93. The molecule has 3 aliphatic rings. The highest BCUT2D eigenvalue weighted by molar-refractivity contribution is 5.11. The van der Waals surface area contributed by atoms with Gasteiger partial charge in [-0.2, -0.15) is 0 Å². The van der Waals surface area contributed by atoms with Crippen LogP contribution in [0.2, 0.25) is 0 Å². The van der Waals surface area contributed by atoms with Crippen LogP contribution in [0.1, 0.15) is 52.4 Å². The van der Waals surface area contributed by atoms with Crippen molar-refractivity contribution in [3.05, 3.63) is 12.2 Å². The molecule has 0 bridgehead atoms. The highest BCUT2D eigenvalue weighted by atomic mass is 15.3. The van der Waals surface area contributed by atoms with Crippen molar-refractivity contribution in [1.82, 2.24) is 10.2 Å². The molecule has 1 unspecified atom stereocenters. The predicted octanol–water partition coefficient (Wildman–Crippen LogP) is 2.95. The van der Waals surface area contributed by atoms with Crippen LogP contribution in [-0.4, -0.2) is 35.6 Å². The van der Waals surface area contributed by atoms with Gasteiger partial charge in [0.2, 0.25) is 0 Å².